The molecule has 1 aromatic heterocycles. The molecule has 116 valence electrons. The number of benzene rings is 1. The minimum absolute atomic E-state index is 0.0437. The monoisotopic (exact) mass is 321 g/mol. The highest BCUT2D eigenvalue weighted by atomic mass is 35.5. The zero-order valence-corrected chi connectivity index (χ0v) is 13.1. The van der Waals surface area contributed by atoms with E-state index in [2.05, 4.69) is 9.97 Å². The first kappa shape index (κ1) is 14.9. The molecule has 2 aromatic rings. The molecule has 1 aliphatic heterocycles. The number of aromatic nitrogens is 2. The minimum Gasteiger partial charge on any atom is -0.488 e. The lowest BCUT2D eigenvalue weighted by atomic mass is 10.0. The van der Waals surface area contributed by atoms with Crippen molar-refractivity contribution < 1.29 is 14.2 Å². The summed E-state index contributed by atoms with van der Waals surface area (Å²) in [4.78, 5) is 8.45. The Morgan fingerprint density at radius 2 is 2.09 bits per heavy atom. The van der Waals surface area contributed by atoms with Crippen LogP contribution in [0.15, 0.2) is 18.2 Å². The molecule has 0 spiro atoms. The van der Waals surface area contributed by atoms with E-state index in [0.29, 0.717) is 23.1 Å². The largest absolute Gasteiger partial charge is 0.488 e. The van der Waals surface area contributed by atoms with E-state index in [4.69, 9.17) is 31.5 Å². The number of fused-ring (bicyclic) bond motifs is 1. The van der Waals surface area contributed by atoms with Gasteiger partial charge in [0, 0.05) is 35.2 Å². The molecule has 1 aliphatic rings. The number of hydrogen-bond donors (Lipinski definition) is 1. The molecule has 6 nitrogen and oxygen atoms in total. The zero-order valence-electron chi connectivity index (χ0n) is 12.3. The fourth-order valence-corrected chi connectivity index (χ4v) is 2.69. The van der Waals surface area contributed by atoms with Crippen molar-refractivity contribution in [1.29, 1.82) is 0 Å². The van der Waals surface area contributed by atoms with Crippen molar-refractivity contribution in [1.82, 2.24) is 9.97 Å². The predicted molar refractivity (Wildman–Crippen MR) is 82.8 cm³/mol. The summed E-state index contributed by atoms with van der Waals surface area (Å²) in [5.41, 5.74) is 8.13. The minimum atomic E-state index is -0.0437. The smallest absolute Gasteiger partial charge is 0.320 e. The second-order valence-electron chi connectivity index (χ2n) is 4.90. The molecule has 2 N–H and O–H groups in total. The van der Waals surface area contributed by atoms with E-state index in [1.54, 1.807) is 12.1 Å². The maximum absolute atomic E-state index is 6.22. The quantitative estimate of drug-likeness (QED) is 0.928. The Labute approximate surface area is 133 Å². The van der Waals surface area contributed by atoms with Gasteiger partial charge in [0.15, 0.2) is 0 Å². The fraction of sp³-hybridized carbons (Fsp3) is 0.333. The highest BCUT2D eigenvalue weighted by molar-refractivity contribution is 6.31. The summed E-state index contributed by atoms with van der Waals surface area (Å²) < 4.78 is 16.2. The van der Waals surface area contributed by atoms with Gasteiger partial charge in [-0.15, -0.1) is 0 Å². The van der Waals surface area contributed by atoms with Gasteiger partial charge in [-0.05, 0) is 12.1 Å². The molecule has 0 radical (unpaired) electrons. The Kier molecular flexibility index (Phi) is 4.04. The number of hydrogen-bond acceptors (Lipinski definition) is 6. The lowest BCUT2D eigenvalue weighted by Crippen LogP contribution is -2.24. The van der Waals surface area contributed by atoms with Crippen molar-refractivity contribution in [3.8, 4) is 28.9 Å². The molecule has 0 amide bonds. The molecule has 2 heterocycles. The van der Waals surface area contributed by atoms with Gasteiger partial charge in [0.05, 0.1) is 19.9 Å². The Hall–Kier alpha value is -2.05. The van der Waals surface area contributed by atoms with Crippen molar-refractivity contribution in [2.45, 2.75) is 12.5 Å². The summed E-state index contributed by atoms with van der Waals surface area (Å²) in [6.07, 6.45) is 0.691. The topological polar surface area (TPSA) is 79.5 Å². The third-order valence-corrected chi connectivity index (χ3v) is 3.69. The standard InChI is InChI=1S/C15H16ClN3O3/c1-20-13-6-12(18-15(19-13)21-2)11-5-9(16)3-8-4-10(7-17)22-14(8)11/h3,5-6,10H,4,7,17H2,1-2H3/t10-/m1/s1. The van der Waals surface area contributed by atoms with Crippen LogP contribution in [0.25, 0.3) is 11.3 Å². The summed E-state index contributed by atoms with van der Waals surface area (Å²) in [5.74, 6) is 1.16. The molecule has 0 saturated carbocycles. The van der Waals surface area contributed by atoms with Gasteiger partial charge >= 0.3 is 6.01 Å². The Bertz CT molecular complexity index is 686. The number of rotatable bonds is 4. The molecule has 1 aromatic carbocycles. The average Bonchev–Trinajstić information content (AvgIpc) is 2.96. The van der Waals surface area contributed by atoms with Crippen LogP contribution in [0.4, 0.5) is 0 Å². The van der Waals surface area contributed by atoms with Crippen molar-refractivity contribution in [3.63, 3.8) is 0 Å². The van der Waals surface area contributed by atoms with E-state index in [1.165, 1.54) is 14.2 Å². The Balaban J connectivity index is 2.13. The third kappa shape index (κ3) is 2.67. The van der Waals surface area contributed by atoms with Crippen LogP contribution < -0.4 is 19.9 Å². The van der Waals surface area contributed by atoms with Crippen LogP contribution in [0.3, 0.4) is 0 Å². The second kappa shape index (κ2) is 5.98. The van der Waals surface area contributed by atoms with Crippen LogP contribution in [-0.4, -0.2) is 36.8 Å². The van der Waals surface area contributed by atoms with Crippen molar-refractivity contribution in [3.05, 3.63) is 28.8 Å². The van der Waals surface area contributed by atoms with Crippen LogP contribution in [0.5, 0.6) is 17.6 Å². The fourth-order valence-electron chi connectivity index (χ4n) is 2.45. The molecule has 0 aliphatic carbocycles. The highest BCUT2D eigenvalue weighted by Gasteiger charge is 2.26. The molecule has 1 atom stereocenters. The van der Waals surface area contributed by atoms with Crippen LogP contribution >= 0.6 is 11.6 Å². The molecule has 3 rings (SSSR count). The van der Waals surface area contributed by atoms with Gasteiger partial charge < -0.3 is 19.9 Å². The van der Waals surface area contributed by atoms with Gasteiger partial charge in [-0.1, -0.05) is 11.6 Å². The number of ether oxygens (including phenoxy) is 3. The Morgan fingerprint density at radius 1 is 1.27 bits per heavy atom. The number of nitrogens with two attached hydrogens (primary N) is 1. The second-order valence-corrected chi connectivity index (χ2v) is 5.34. The van der Waals surface area contributed by atoms with E-state index in [0.717, 1.165) is 23.3 Å². The summed E-state index contributed by atoms with van der Waals surface area (Å²) in [6.45, 7) is 0.447. The van der Waals surface area contributed by atoms with Gasteiger partial charge in [-0.25, -0.2) is 0 Å². The molecule has 0 fully saturated rings. The first-order valence-corrected chi connectivity index (χ1v) is 7.19. The van der Waals surface area contributed by atoms with Gasteiger partial charge in [-0.2, -0.15) is 9.97 Å². The third-order valence-electron chi connectivity index (χ3n) is 3.48. The lowest BCUT2D eigenvalue weighted by molar-refractivity contribution is 0.242. The van der Waals surface area contributed by atoms with Crippen molar-refractivity contribution in [2.75, 3.05) is 20.8 Å². The van der Waals surface area contributed by atoms with Gasteiger partial charge in [0.1, 0.15) is 11.9 Å². The SMILES string of the molecule is COc1cc(-c2cc(Cl)cc3c2O[C@@H](CN)C3)nc(OC)n1. The van der Waals surface area contributed by atoms with Crippen molar-refractivity contribution >= 4 is 11.6 Å². The van der Waals surface area contributed by atoms with Gasteiger partial charge in [0.2, 0.25) is 5.88 Å². The van der Waals surface area contributed by atoms with Crippen LogP contribution in [0.1, 0.15) is 5.56 Å². The lowest BCUT2D eigenvalue weighted by Gasteiger charge is -2.12. The molecular weight excluding hydrogens is 306 g/mol. The van der Waals surface area contributed by atoms with E-state index < -0.39 is 0 Å². The number of methoxy groups -OCH3 is 2. The van der Waals surface area contributed by atoms with Crippen molar-refractivity contribution in [2.24, 2.45) is 5.73 Å². The highest BCUT2D eigenvalue weighted by Crippen LogP contribution is 2.41. The van der Waals surface area contributed by atoms with Crippen LogP contribution in [0, 0.1) is 0 Å². The molecule has 22 heavy (non-hydrogen) atoms. The average molecular weight is 322 g/mol. The van der Waals surface area contributed by atoms with E-state index >= 15 is 0 Å². The maximum Gasteiger partial charge on any atom is 0.320 e. The molecule has 0 saturated heterocycles. The summed E-state index contributed by atoms with van der Waals surface area (Å²) in [7, 11) is 3.04. The van der Waals surface area contributed by atoms with Gasteiger partial charge in [-0.3, -0.25) is 0 Å². The van der Waals surface area contributed by atoms with Crippen LogP contribution in [-0.2, 0) is 6.42 Å². The predicted octanol–water partition coefficient (Wildman–Crippen LogP) is 2.08. The molecular formula is C15H16ClN3O3. The molecule has 0 unspecified atom stereocenters. The normalized spacial score (nSPS) is 16.1. The maximum atomic E-state index is 6.22. The van der Waals surface area contributed by atoms with E-state index in [9.17, 15) is 0 Å². The number of nitrogens with zero attached hydrogens (tertiary/aromatic N) is 2. The summed E-state index contributed by atoms with van der Waals surface area (Å²) in [5, 5.41) is 0.617. The Morgan fingerprint density at radius 3 is 2.77 bits per heavy atom. The van der Waals surface area contributed by atoms with E-state index in [1.807, 2.05) is 6.07 Å². The molecule has 7 heteroatoms. The van der Waals surface area contributed by atoms with Gasteiger partial charge in [0.25, 0.3) is 0 Å². The zero-order chi connectivity index (χ0) is 15.7. The van der Waals surface area contributed by atoms with E-state index in [-0.39, 0.29) is 12.1 Å². The summed E-state index contributed by atoms with van der Waals surface area (Å²) in [6, 6.07) is 5.64. The number of halogens is 1. The summed E-state index contributed by atoms with van der Waals surface area (Å²) >= 11 is 6.22. The first-order valence-electron chi connectivity index (χ1n) is 6.81. The molecule has 0 bridgehead atoms. The first-order chi connectivity index (χ1) is 10.6. The van der Waals surface area contributed by atoms with Crippen LogP contribution in [0.2, 0.25) is 5.02 Å².